The minimum Gasteiger partial charge on any atom is -0.496 e. The summed E-state index contributed by atoms with van der Waals surface area (Å²) in [7, 11) is -1.40. The van der Waals surface area contributed by atoms with Crippen LogP contribution in [0.15, 0.2) is 12.3 Å². The Kier molecular flexibility index (Phi) is 3.36. The molecular formula is C9H11BO6. The van der Waals surface area contributed by atoms with Crippen molar-refractivity contribution in [3.63, 3.8) is 0 Å². The normalized spacial score (nSPS) is 16.3. The van der Waals surface area contributed by atoms with Crippen LogP contribution in [0, 0.1) is 5.41 Å². The van der Waals surface area contributed by atoms with Crippen LogP contribution in [0.25, 0.3) is 0 Å². The van der Waals surface area contributed by atoms with Crippen LogP contribution in [-0.2, 0) is 28.3 Å². The zero-order valence-corrected chi connectivity index (χ0v) is 9.18. The third kappa shape index (κ3) is 3.11. The summed E-state index contributed by atoms with van der Waals surface area (Å²) in [5, 5.41) is 0. The van der Waals surface area contributed by atoms with E-state index >= 15 is 0 Å². The van der Waals surface area contributed by atoms with Gasteiger partial charge in [0.1, 0.15) is 0 Å². The molecule has 0 aromatic rings. The summed E-state index contributed by atoms with van der Waals surface area (Å²) in [6.45, 7) is 5.24. The summed E-state index contributed by atoms with van der Waals surface area (Å²) in [6, 6.07) is 0. The van der Waals surface area contributed by atoms with Crippen molar-refractivity contribution < 1.29 is 28.3 Å². The largest absolute Gasteiger partial charge is 0.868 e. The second-order valence-corrected chi connectivity index (χ2v) is 4.15. The molecule has 1 aliphatic rings. The molecule has 0 amide bonds. The van der Waals surface area contributed by atoms with Gasteiger partial charge in [-0.25, -0.2) is 9.59 Å². The average molecular weight is 226 g/mol. The lowest BCUT2D eigenvalue weighted by Crippen LogP contribution is -2.19. The molecule has 0 atom stereocenters. The molecule has 86 valence electrons. The number of carbonyl (C=O) groups is 3. The Morgan fingerprint density at radius 3 is 2.19 bits per heavy atom. The molecule has 0 saturated carbocycles. The van der Waals surface area contributed by atoms with Gasteiger partial charge in [0, 0.05) is 11.5 Å². The second-order valence-electron chi connectivity index (χ2n) is 4.15. The Balaban J connectivity index is 2.42. The van der Waals surface area contributed by atoms with Gasteiger partial charge in [0.2, 0.25) is 0 Å². The fraction of sp³-hybridized carbons (Fsp3) is 0.444. The van der Waals surface area contributed by atoms with Crippen LogP contribution in [0.3, 0.4) is 0 Å². The zero-order chi connectivity index (χ0) is 12.3. The summed E-state index contributed by atoms with van der Waals surface area (Å²) in [4.78, 5) is 32.5. The molecule has 0 N–H and O–H groups in total. The molecule has 1 fully saturated rings. The van der Waals surface area contributed by atoms with Crippen LogP contribution in [0.2, 0.25) is 0 Å². The van der Waals surface area contributed by atoms with Gasteiger partial charge in [-0.3, -0.25) is 4.79 Å². The van der Waals surface area contributed by atoms with Gasteiger partial charge in [-0.05, 0) is 0 Å². The summed E-state index contributed by atoms with van der Waals surface area (Å²) < 4.78 is 13.4. The van der Waals surface area contributed by atoms with Crippen LogP contribution >= 0.6 is 0 Å². The predicted octanol–water partition coefficient (Wildman–Crippen LogP) is 0.217. The molecule has 1 rings (SSSR count). The third-order valence-electron chi connectivity index (χ3n) is 1.72. The topological polar surface area (TPSA) is 78.9 Å². The van der Waals surface area contributed by atoms with Crippen molar-refractivity contribution in [3.8, 4) is 0 Å². The average Bonchev–Trinajstić information content (AvgIpc) is 2.44. The maximum atomic E-state index is 11.4. The molecule has 1 aliphatic heterocycles. The van der Waals surface area contributed by atoms with E-state index in [1.165, 1.54) is 6.08 Å². The highest BCUT2D eigenvalue weighted by Crippen LogP contribution is 2.15. The number of allylic oxidation sites excluding steroid dienone is 1. The van der Waals surface area contributed by atoms with Gasteiger partial charge in [-0.1, -0.05) is 20.8 Å². The quantitative estimate of drug-likeness (QED) is 0.296. The molecule has 1 saturated heterocycles. The van der Waals surface area contributed by atoms with Gasteiger partial charge in [0.05, 0.1) is 6.26 Å². The maximum Gasteiger partial charge on any atom is 0.868 e. The third-order valence-corrected chi connectivity index (χ3v) is 1.72. The lowest BCUT2D eigenvalue weighted by atomic mass is 9.91. The van der Waals surface area contributed by atoms with E-state index in [2.05, 4.69) is 9.31 Å². The zero-order valence-electron chi connectivity index (χ0n) is 9.18. The van der Waals surface area contributed by atoms with Crippen molar-refractivity contribution in [2.45, 2.75) is 20.8 Å². The van der Waals surface area contributed by atoms with Crippen LogP contribution in [0.4, 0.5) is 0 Å². The standard InChI is InChI=1S/C9H11BO6/c1-9(2,3)6(11)4-5-14-10-15-7(12)8(13)16-10/h4-5H,1-3H3. The molecule has 1 heterocycles. The highest BCUT2D eigenvalue weighted by atomic mass is 16.8. The minimum atomic E-state index is -1.40. The molecule has 0 aromatic carbocycles. The van der Waals surface area contributed by atoms with Crippen LogP contribution in [0.5, 0.6) is 0 Å². The Bertz CT molecular complexity index is 338. The van der Waals surface area contributed by atoms with Crippen LogP contribution in [-0.4, -0.2) is 25.0 Å². The number of hydrogen-bond donors (Lipinski definition) is 0. The minimum absolute atomic E-state index is 0.164. The first kappa shape index (κ1) is 12.3. The maximum absolute atomic E-state index is 11.4. The van der Waals surface area contributed by atoms with Gasteiger partial charge in [-0.2, -0.15) is 0 Å². The van der Waals surface area contributed by atoms with E-state index in [0.29, 0.717) is 0 Å². The summed E-state index contributed by atoms with van der Waals surface area (Å²) in [5.41, 5.74) is -0.525. The summed E-state index contributed by atoms with van der Waals surface area (Å²) in [5.74, 6) is -2.38. The van der Waals surface area contributed by atoms with Gasteiger partial charge in [-0.15, -0.1) is 0 Å². The van der Waals surface area contributed by atoms with E-state index in [0.717, 1.165) is 6.26 Å². The van der Waals surface area contributed by atoms with E-state index in [9.17, 15) is 14.4 Å². The molecule has 0 radical (unpaired) electrons. The summed E-state index contributed by atoms with van der Waals surface area (Å²) >= 11 is 0. The van der Waals surface area contributed by atoms with Gasteiger partial charge < -0.3 is 14.0 Å². The highest BCUT2D eigenvalue weighted by molar-refractivity contribution is 6.55. The number of ketones is 1. The van der Waals surface area contributed by atoms with E-state index < -0.39 is 24.7 Å². The van der Waals surface area contributed by atoms with Crippen molar-refractivity contribution in [1.82, 2.24) is 0 Å². The number of hydrogen-bond acceptors (Lipinski definition) is 6. The number of rotatable bonds is 3. The Morgan fingerprint density at radius 1 is 1.25 bits per heavy atom. The van der Waals surface area contributed by atoms with Crippen molar-refractivity contribution in [2.75, 3.05) is 0 Å². The molecule has 0 spiro atoms. The van der Waals surface area contributed by atoms with E-state index in [-0.39, 0.29) is 5.78 Å². The van der Waals surface area contributed by atoms with Crippen LogP contribution in [0.1, 0.15) is 20.8 Å². The number of carbonyl (C=O) groups excluding carboxylic acids is 3. The molecule has 16 heavy (non-hydrogen) atoms. The monoisotopic (exact) mass is 226 g/mol. The Hall–Kier alpha value is -1.79. The fourth-order valence-electron chi connectivity index (χ4n) is 0.766. The Labute approximate surface area is 92.7 Å². The summed E-state index contributed by atoms with van der Waals surface area (Å²) in [6.07, 6.45) is 2.21. The van der Waals surface area contributed by atoms with E-state index in [1.54, 1.807) is 20.8 Å². The molecule has 0 aromatic heterocycles. The van der Waals surface area contributed by atoms with Crippen molar-refractivity contribution >= 4 is 25.0 Å². The second kappa shape index (κ2) is 4.38. The Morgan fingerprint density at radius 2 is 1.75 bits per heavy atom. The lowest BCUT2D eigenvalue weighted by molar-refractivity contribution is -0.150. The first-order chi connectivity index (χ1) is 7.30. The SMILES string of the molecule is CC(C)(C)C(=O)C=COB1OC(=O)C(=O)O1. The molecule has 0 unspecified atom stereocenters. The molecule has 0 aliphatic carbocycles. The highest BCUT2D eigenvalue weighted by Gasteiger charge is 2.45. The van der Waals surface area contributed by atoms with Crippen molar-refractivity contribution in [1.29, 1.82) is 0 Å². The smallest absolute Gasteiger partial charge is 0.496 e. The van der Waals surface area contributed by atoms with Gasteiger partial charge in [0.25, 0.3) is 0 Å². The van der Waals surface area contributed by atoms with Gasteiger partial charge >= 0.3 is 19.3 Å². The predicted molar refractivity (Wildman–Crippen MR) is 52.6 cm³/mol. The fourth-order valence-corrected chi connectivity index (χ4v) is 0.766. The molecule has 0 bridgehead atoms. The first-order valence-electron chi connectivity index (χ1n) is 4.59. The van der Waals surface area contributed by atoms with Crippen LogP contribution < -0.4 is 0 Å². The lowest BCUT2D eigenvalue weighted by Gasteiger charge is -2.12. The van der Waals surface area contributed by atoms with Gasteiger partial charge in [0.15, 0.2) is 5.78 Å². The van der Waals surface area contributed by atoms with E-state index in [1.807, 2.05) is 0 Å². The molecular weight excluding hydrogens is 215 g/mol. The molecule has 7 heteroatoms. The van der Waals surface area contributed by atoms with Crippen molar-refractivity contribution in [2.24, 2.45) is 5.41 Å². The molecule has 6 nitrogen and oxygen atoms in total. The van der Waals surface area contributed by atoms with E-state index in [4.69, 9.17) is 4.65 Å². The first-order valence-corrected chi connectivity index (χ1v) is 4.59. The van der Waals surface area contributed by atoms with Crippen molar-refractivity contribution in [3.05, 3.63) is 12.3 Å².